The van der Waals surface area contributed by atoms with Gasteiger partial charge in [-0.25, -0.2) is 0 Å². The molecule has 1 atom stereocenters. The average Bonchev–Trinajstić information content (AvgIpc) is 2.37. The molecule has 1 aromatic rings. The maximum Gasteiger partial charge on any atom is 0.273 e. The summed E-state index contributed by atoms with van der Waals surface area (Å²) in [7, 11) is 0. The Hall–Kier alpha value is -2.37. The Balaban J connectivity index is 2.56. The first kappa shape index (κ1) is 13.1. The summed E-state index contributed by atoms with van der Waals surface area (Å²) in [6.07, 6.45) is -0.0200. The monoisotopic (exact) mass is 274 g/mol. The van der Waals surface area contributed by atoms with Crippen molar-refractivity contribution in [3.05, 3.63) is 50.9 Å². The minimum atomic E-state index is -0.659. The average molecular weight is 274 g/mol. The molecule has 0 spiro atoms. The number of nitrogens with one attached hydrogen (secondary N) is 1. The summed E-state index contributed by atoms with van der Waals surface area (Å²) in [5.74, 6) is 0.927. The van der Waals surface area contributed by atoms with Gasteiger partial charge in [0.05, 0.1) is 4.92 Å². The van der Waals surface area contributed by atoms with E-state index in [0.717, 1.165) is 0 Å². The molecule has 1 N–H and O–H groups in total. The third-order valence-electron chi connectivity index (χ3n) is 2.86. The number of thiocarbonyl (C=S) groups is 1. The van der Waals surface area contributed by atoms with Gasteiger partial charge in [0.25, 0.3) is 5.69 Å². The van der Waals surface area contributed by atoms with E-state index >= 15 is 0 Å². The molecule has 1 saturated heterocycles. The Morgan fingerprint density at radius 3 is 2.79 bits per heavy atom. The van der Waals surface area contributed by atoms with Crippen LogP contribution in [-0.2, 0) is 4.79 Å². The number of carbonyl (C=O) groups excluding carboxylic acids is 1. The SMILES string of the molecule is [N-]=C=C1C(=S)NC(=O)C[C@H]1c1ccccc1[N+](=O)[O-]. The van der Waals surface area contributed by atoms with Gasteiger partial charge in [-0.3, -0.25) is 20.8 Å². The van der Waals surface area contributed by atoms with Crippen LogP contribution in [-0.4, -0.2) is 21.7 Å². The quantitative estimate of drug-likeness (QED) is 0.292. The predicted molar refractivity (Wildman–Crippen MR) is 73.1 cm³/mol. The minimum absolute atomic E-state index is 0.0200. The molecule has 0 radical (unpaired) electrons. The largest absolute Gasteiger partial charge is 0.763 e. The van der Waals surface area contributed by atoms with Gasteiger partial charge in [0, 0.05) is 29.5 Å². The van der Waals surface area contributed by atoms with Crippen molar-refractivity contribution in [1.82, 2.24) is 5.32 Å². The zero-order chi connectivity index (χ0) is 14.0. The van der Waals surface area contributed by atoms with Crippen LogP contribution in [0.2, 0.25) is 0 Å². The molecule has 0 bridgehead atoms. The number of carbonyl (C=O) groups is 1. The number of piperidine rings is 1. The summed E-state index contributed by atoms with van der Waals surface area (Å²) in [6, 6.07) is 6.06. The normalized spacial score (nSPS) is 18.7. The maximum atomic E-state index is 11.5. The van der Waals surface area contributed by atoms with E-state index in [1.807, 2.05) is 5.87 Å². The molecule has 0 aliphatic carbocycles. The van der Waals surface area contributed by atoms with Gasteiger partial charge in [-0.05, 0) is 0 Å². The highest BCUT2D eigenvalue weighted by Crippen LogP contribution is 2.35. The molecule has 2 rings (SSSR count). The fourth-order valence-electron chi connectivity index (χ4n) is 2.03. The standard InChI is InChI=1S/C12H8N3O3S/c13-6-9-8(5-11(16)14-12(9)19)7-3-1-2-4-10(7)15(17)18/h1-4,8H,5H2,(H,14,16,19)/q-1/t8-/m0/s1. The zero-order valence-corrected chi connectivity index (χ0v) is 10.4. The van der Waals surface area contributed by atoms with Gasteiger partial charge in [-0.15, -0.1) is 0 Å². The van der Waals surface area contributed by atoms with Gasteiger partial charge in [0.15, 0.2) is 0 Å². The first-order valence-corrected chi connectivity index (χ1v) is 5.80. The molecule has 7 heteroatoms. The van der Waals surface area contributed by atoms with Crippen LogP contribution >= 0.6 is 12.2 Å². The van der Waals surface area contributed by atoms with Gasteiger partial charge >= 0.3 is 0 Å². The first-order valence-electron chi connectivity index (χ1n) is 5.39. The molecule has 1 aromatic carbocycles. The minimum Gasteiger partial charge on any atom is -0.763 e. The van der Waals surface area contributed by atoms with E-state index < -0.39 is 10.8 Å². The van der Waals surface area contributed by atoms with Crippen LogP contribution in [0.5, 0.6) is 0 Å². The Morgan fingerprint density at radius 2 is 2.16 bits per heavy atom. The van der Waals surface area contributed by atoms with Crippen molar-refractivity contribution in [3.8, 4) is 0 Å². The van der Waals surface area contributed by atoms with Crippen LogP contribution in [0, 0.1) is 10.1 Å². The number of nitro groups is 1. The van der Waals surface area contributed by atoms with Crippen molar-refractivity contribution in [2.75, 3.05) is 0 Å². The van der Waals surface area contributed by atoms with Crippen LogP contribution in [0.4, 0.5) is 5.69 Å². The number of para-hydroxylation sites is 1. The number of hydrogen-bond donors (Lipinski definition) is 1. The zero-order valence-electron chi connectivity index (χ0n) is 9.62. The molecule has 1 fully saturated rings. The van der Waals surface area contributed by atoms with Gasteiger partial charge in [-0.2, -0.15) is 0 Å². The molecule has 0 saturated carbocycles. The number of amides is 1. The Morgan fingerprint density at radius 1 is 1.47 bits per heavy atom. The van der Waals surface area contributed by atoms with Crippen molar-refractivity contribution in [3.63, 3.8) is 0 Å². The fourth-order valence-corrected chi connectivity index (χ4v) is 2.34. The summed E-state index contributed by atoms with van der Waals surface area (Å²) in [6.45, 7) is 0. The van der Waals surface area contributed by atoms with Crippen LogP contribution in [0.25, 0.3) is 5.41 Å². The third kappa shape index (κ3) is 2.42. The summed E-state index contributed by atoms with van der Waals surface area (Å²) in [4.78, 5) is 22.0. The summed E-state index contributed by atoms with van der Waals surface area (Å²) >= 11 is 4.93. The van der Waals surface area contributed by atoms with Crippen molar-refractivity contribution in [1.29, 1.82) is 0 Å². The summed E-state index contributed by atoms with van der Waals surface area (Å²) < 4.78 is 0. The lowest BCUT2D eigenvalue weighted by molar-refractivity contribution is -0.385. The smallest absolute Gasteiger partial charge is 0.273 e. The molecule has 6 nitrogen and oxygen atoms in total. The molecular formula is C12H8N3O3S-. The van der Waals surface area contributed by atoms with E-state index in [2.05, 4.69) is 5.32 Å². The first-order chi connectivity index (χ1) is 9.04. The molecule has 1 amide bonds. The lowest BCUT2D eigenvalue weighted by Gasteiger charge is -2.25. The van der Waals surface area contributed by atoms with Gasteiger partial charge in [0.1, 0.15) is 4.99 Å². The molecule has 0 unspecified atom stereocenters. The third-order valence-corrected chi connectivity index (χ3v) is 3.19. The van der Waals surface area contributed by atoms with E-state index in [-0.39, 0.29) is 28.6 Å². The highest BCUT2D eigenvalue weighted by molar-refractivity contribution is 7.80. The molecule has 1 aliphatic heterocycles. The fraction of sp³-hybridized carbons (Fsp3) is 0.167. The van der Waals surface area contributed by atoms with Crippen LogP contribution in [0.15, 0.2) is 29.8 Å². The van der Waals surface area contributed by atoms with Crippen LogP contribution in [0.3, 0.4) is 0 Å². The number of benzene rings is 1. The van der Waals surface area contributed by atoms with Gasteiger partial charge in [-0.1, -0.05) is 30.4 Å². The summed E-state index contributed by atoms with van der Waals surface area (Å²) in [5.41, 5.74) is 0.405. The number of hydrogen-bond acceptors (Lipinski definition) is 4. The van der Waals surface area contributed by atoms with E-state index in [1.54, 1.807) is 12.1 Å². The van der Waals surface area contributed by atoms with E-state index in [1.165, 1.54) is 12.1 Å². The van der Waals surface area contributed by atoms with Crippen LogP contribution < -0.4 is 5.32 Å². The molecule has 19 heavy (non-hydrogen) atoms. The van der Waals surface area contributed by atoms with Gasteiger partial charge in [0.2, 0.25) is 5.91 Å². The van der Waals surface area contributed by atoms with Crippen molar-refractivity contribution < 1.29 is 9.72 Å². The molecule has 0 aromatic heterocycles. The highest BCUT2D eigenvalue weighted by Gasteiger charge is 2.32. The lowest BCUT2D eigenvalue weighted by Crippen LogP contribution is -2.39. The second kappa shape index (κ2) is 5.09. The summed E-state index contributed by atoms with van der Waals surface area (Å²) in [5, 5.41) is 22.5. The van der Waals surface area contributed by atoms with Crippen molar-refractivity contribution >= 4 is 34.7 Å². The maximum absolute atomic E-state index is 11.5. The molecule has 1 aliphatic rings. The molecule has 1 heterocycles. The van der Waals surface area contributed by atoms with Crippen molar-refractivity contribution in [2.24, 2.45) is 0 Å². The Bertz CT molecular complexity index is 635. The molecule has 96 valence electrons. The lowest BCUT2D eigenvalue weighted by atomic mass is 9.85. The molecular weight excluding hydrogens is 266 g/mol. The van der Waals surface area contributed by atoms with Gasteiger partial charge < -0.3 is 10.7 Å². The predicted octanol–water partition coefficient (Wildman–Crippen LogP) is 1.69. The van der Waals surface area contributed by atoms with E-state index in [0.29, 0.717) is 5.56 Å². The second-order valence-electron chi connectivity index (χ2n) is 3.98. The number of rotatable bonds is 2. The van der Waals surface area contributed by atoms with E-state index in [9.17, 15) is 14.9 Å². The van der Waals surface area contributed by atoms with Crippen LogP contribution in [0.1, 0.15) is 17.9 Å². The Labute approximate surface area is 113 Å². The highest BCUT2D eigenvalue weighted by atomic mass is 32.1. The Kier molecular flexibility index (Phi) is 3.50. The number of nitro benzene ring substituents is 1. The second-order valence-corrected chi connectivity index (χ2v) is 4.38. The number of nitrogens with zero attached hydrogens (tertiary/aromatic N) is 2. The van der Waals surface area contributed by atoms with E-state index in [4.69, 9.17) is 17.6 Å². The topological polar surface area (TPSA) is 94.5 Å². The van der Waals surface area contributed by atoms with Crippen molar-refractivity contribution in [2.45, 2.75) is 12.3 Å².